The highest BCUT2D eigenvalue weighted by molar-refractivity contribution is 9.19. The number of rotatable bonds is 16. The van der Waals surface area contributed by atoms with Gasteiger partial charge in [0, 0.05) is 100 Å². The second kappa shape index (κ2) is 35.4. The van der Waals surface area contributed by atoms with Gasteiger partial charge >= 0.3 is 24.9 Å². The van der Waals surface area contributed by atoms with Crippen LogP contribution in [0.25, 0.3) is 39.4 Å². The van der Waals surface area contributed by atoms with Crippen LogP contribution in [0.3, 0.4) is 0 Å². The summed E-state index contributed by atoms with van der Waals surface area (Å²) >= 11 is 15.0. The van der Waals surface area contributed by atoms with Crippen molar-refractivity contribution in [3.63, 3.8) is 0 Å². The van der Waals surface area contributed by atoms with Crippen LogP contribution in [-0.4, -0.2) is 156 Å². The highest BCUT2D eigenvalue weighted by Gasteiger charge is 2.52. The van der Waals surface area contributed by atoms with E-state index in [0.29, 0.717) is 42.4 Å². The van der Waals surface area contributed by atoms with Gasteiger partial charge in [-0.2, -0.15) is 46.7 Å². The predicted molar refractivity (Wildman–Crippen MR) is 430 cm³/mol. The van der Waals surface area contributed by atoms with Crippen molar-refractivity contribution in [1.29, 1.82) is 0 Å². The molecule has 4 saturated carbocycles. The standard InChI is InChI=1S/C21H17F2N9O.C17H12BrF2N7O.C11H9BrF2N6.C10H17BN2O2.C6H8BrNO2.C4H7NO.C2H2Br2O/c1-30-9-14(8-24-30)13-4-6-18-27-28-20(31(18)10-13)21(22,23)15-5-7-17-25-16(11-32(17)29-15)26-19(33)12-2-3-12;18-10-3-5-14-23-24-16(26(14)7-10)17(19,20)11-4-6-13-21-12(8-27(13)25-11)22-15(28)9-1-2-9;12-6-1-4-9-18-19-10(20(9)5-6)11(13,14)7-2-3-8(15)17-16-7;1-9(2)10(3,4)15-11(14-9)8-6-12-13(5)7-8;7-3-5(9)8-6(10)4-1-2-4;5-4(6)3-1-2-3;3-1-2(4)5/h4-12H,2-3H2,1H3,(H,26,33);3-9H,1-2H2,(H,22,28);1-5,16-17H,15H2;6-7H,1-5H3;4H,1-3H2,(H,8,9,10);3H,1-2H2,(H2,5,6);1H2. The molecule has 12 aromatic heterocycles. The van der Waals surface area contributed by atoms with Crippen LogP contribution in [-0.2, 0) is 69.9 Å². The number of hydrogen-bond donors (Lipinski definition) is 7. The number of imide groups is 1. The first-order valence-electron chi connectivity index (χ1n) is 35.7. The van der Waals surface area contributed by atoms with Crippen molar-refractivity contribution >= 4 is 166 Å². The first kappa shape index (κ1) is 85.9. The lowest BCUT2D eigenvalue weighted by atomic mass is 9.82. The zero-order valence-corrected chi connectivity index (χ0v) is 70.6. The highest BCUT2D eigenvalue weighted by atomic mass is 79.9. The van der Waals surface area contributed by atoms with Crippen LogP contribution in [0.4, 0.5) is 38.0 Å². The van der Waals surface area contributed by atoms with Crippen LogP contribution in [0, 0.1) is 23.7 Å². The number of carbonyl (C=O) groups excluding carboxylic acids is 6. The highest BCUT2D eigenvalue weighted by Crippen LogP contribution is 2.40. The predicted octanol–water partition coefficient (Wildman–Crippen LogP) is 9.40. The van der Waals surface area contributed by atoms with Crippen molar-refractivity contribution in [2.24, 2.45) is 49.2 Å². The largest absolute Gasteiger partial charge is 0.498 e. The first-order chi connectivity index (χ1) is 55.4. The van der Waals surface area contributed by atoms with Gasteiger partial charge in [-0.05, 0) is 200 Å². The van der Waals surface area contributed by atoms with Crippen LogP contribution in [0.1, 0.15) is 108 Å². The number of nitrogens with two attached hydrogens (primary N) is 2. The summed E-state index contributed by atoms with van der Waals surface area (Å²) in [6.07, 6.45) is 24.3. The molecule has 0 aromatic carbocycles. The number of alkyl halides is 8. The van der Waals surface area contributed by atoms with Gasteiger partial charge in [-0.25, -0.2) is 19.0 Å². The lowest BCUT2D eigenvalue weighted by Gasteiger charge is -2.32. The summed E-state index contributed by atoms with van der Waals surface area (Å²) in [4.78, 5) is 73.3. The Balaban J connectivity index is 0.000000136. The molecule has 0 bridgehead atoms. The maximum Gasteiger partial charge on any atom is 0.498 e. The molecule has 0 spiro atoms. The Bertz CT molecular complexity index is 5780. The maximum absolute atomic E-state index is 15.5. The van der Waals surface area contributed by atoms with Crippen LogP contribution >= 0.6 is 79.6 Å². The number of fused-ring (bicyclic) bond motifs is 5. The van der Waals surface area contributed by atoms with Crippen molar-refractivity contribution < 1.29 is 64.4 Å². The molecule has 12 aromatic rings. The van der Waals surface area contributed by atoms with Gasteiger partial charge in [-0.3, -0.25) is 67.5 Å². The van der Waals surface area contributed by atoms with Gasteiger partial charge < -0.3 is 31.4 Å². The van der Waals surface area contributed by atoms with E-state index in [0.717, 1.165) is 62.4 Å². The molecule has 9 N–H and O–H groups in total. The number of hydrazine groups is 1. The Morgan fingerprint density at radius 1 is 0.530 bits per heavy atom. The Morgan fingerprint density at radius 2 is 0.957 bits per heavy atom. The molecule has 1 saturated heterocycles. The molecule has 117 heavy (non-hydrogen) atoms. The summed E-state index contributed by atoms with van der Waals surface area (Å²) in [6, 6.07) is 15.2. The Kier molecular flexibility index (Phi) is 26.0. The number of imidazole rings is 2. The fourth-order valence-electron chi connectivity index (χ4n) is 10.8. The van der Waals surface area contributed by atoms with Crippen molar-refractivity contribution in [2.75, 3.05) is 21.3 Å². The molecule has 6 aliphatic rings. The molecule has 18 rings (SSSR count). The Morgan fingerprint density at radius 3 is 1.35 bits per heavy atom. The van der Waals surface area contributed by atoms with Crippen LogP contribution < -0.4 is 43.7 Å². The monoisotopic (exact) mass is 1940 g/mol. The van der Waals surface area contributed by atoms with Gasteiger partial charge in [0.15, 0.2) is 39.9 Å². The second-order valence-electron chi connectivity index (χ2n) is 28.3. The molecular formula is C71H72BBr5F6N26O8. The van der Waals surface area contributed by atoms with Gasteiger partial charge in [0.2, 0.25) is 51.7 Å². The van der Waals surface area contributed by atoms with E-state index in [1.54, 1.807) is 77.6 Å². The molecule has 4 aliphatic carbocycles. The zero-order valence-electron chi connectivity index (χ0n) is 62.7. The summed E-state index contributed by atoms with van der Waals surface area (Å²) in [5.41, 5.74) is 17.2. The third kappa shape index (κ3) is 20.9. The number of allylic oxidation sites excluding steroid dienone is 3. The number of aromatic nitrogens is 19. The third-order valence-corrected chi connectivity index (χ3v) is 21.5. The molecule has 34 nitrogen and oxygen atoms in total. The molecule has 0 radical (unpaired) electrons. The molecule has 14 heterocycles. The van der Waals surface area contributed by atoms with E-state index in [-0.39, 0.29) is 110 Å². The number of nitrogens with one attached hydrogen (secondary N) is 5. The Hall–Kier alpha value is -10.4. The summed E-state index contributed by atoms with van der Waals surface area (Å²) in [6.45, 7) is 8.18. The number of halogens is 11. The number of anilines is 2. The average Bonchev–Trinajstić information content (AvgIpc) is 1.66. The zero-order chi connectivity index (χ0) is 84.2. The van der Waals surface area contributed by atoms with Crippen molar-refractivity contribution in [1.82, 2.24) is 109 Å². The molecular weight excluding hydrogens is 1870 g/mol. The molecule has 614 valence electrons. The van der Waals surface area contributed by atoms with E-state index in [1.807, 2.05) is 40.9 Å². The van der Waals surface area contributed by atoms with E-state index >= 15 is 17.6 Å². The van der Waals surface area contributed by atoms with E-state index in [1.165, 1.54) is 83.4 Å². The fraction of sp³-hybridized carbons (Fsp3) is 0.352. The summed E-state index contributed by atoms with van der Waals surface area (Å²) in [5, 5.41) is 46.9. The number of nitrogens with zero attached hydrogens (tertiary/aromatic N) is 19. The lowest BCUT2D eigenvalue weighted by molar-refractivity contribution is -0.130. The van der Waals surface area contributed by atoms with Gasteiger partial charge in [0.1, 0.15) is 22.9 Å². The molecule has 46 heteroatoms. The van der Waals surface area contributed by atoms with Gasteiger partial charge in [0.25, 0.3) is 0 Å². The minimum atomic E-state index is -3.54. The maximum atomic E-state index is 15.5. The Labute approximate surface area is 702 Å². The summed E-state index contributed by atoms with van der Waals surface area (Å²) in [7, 11) is 3.36. The quantitative estimate of drug-likeness (QED) is 0.0205. The van der Waals surface area contributed by atoms with Gasteiger partial charge in [0.05, 0.1) is 40.5 Å². The summed E-state index contributed by atoms with van der Waals surface area (Å²) in [5.74, 6) is -11.5. The van der Waals surface area contributed by atoms with Crippen molar-refractivity contribution in [3.05, 3.63) is 178 Å². The number of carbonyl (C=O) groups is 6. The summed E-state index contributed by atoms with van der Waals surface area (Å²) < 4.78 is 113. The van der Waals surface area contributed by atoms with Gasteiger partial charge in [-0.15, -0.1) is 30.6 Å². The molecule has 0 unspecified atom stereocenters. The normalized spacial score (nSPS) is 16.0. The first-order valence-corrected chi connectivity index (χ1v) is 40.4. The van der Waals surface area contributed by atoms with E-state index < -0.39 is 46.6 Å². The topological polar surface area (TPSA) is 420 Å². The number of pyridine rings is 3. The van der Waals surface area contributed by atoms with Crippen LogP contribution in [0.5, 0.6) is 0 Å². The van der Waals surface area contributed by atoms with Crippen LogP contribution in [0.15, 0.2) is 149 Å². The van der Waals surface area contributed by atoms with Crippen LogP contribution in [0.2, 0.25) is 0 Å². The van der Waals surface area contributed by atoms with E-state index in [2.05, 4.69) is 167 Å². The number of aryl methyl sites for hydroxylation is 2. The van der Waals surface area contributed by atoms with E-state index in [9.17, 15) is 37.5 Å². The van der Waals surface area contributed by atoms with Crippen molar-refractivity contribution in [2.45, 2.75) is 108 Å². The number of primary amides is 1. The van der Waals surface area contributed by atoms with E-state index in [4.69, 9.17) is 20.8 Å². The number of amides is 5. The SMILES string of the molecule is Cn1cc(-c2ccc3nnc(C(F)(F)c4ccc5nc(NC(=O)C6CC6)cn5n4)n3c2)cn1.Cn1cc(B2OC(C)(C)C(C)(C)O2)cn1.NC(=O)C1CC1.NC1=CC=C(C(F)(F)c2nnc3ccc(Br)cn23)NN1.O=C(Br)CBr.O=C(CBr)NC(=O)C1CC1.O=C(Nc1cn2nc(C(F)(F)c3nnc4ccc(Br)cn34)ccc2n1)C1CC1. The lowest BCUT2D eigenvalue weighted by Crippen LogP contribution is -2.42. The number of hydrogen-bond acceptors (Lipinski definition) is 23. The van der Waals surface area contributed by atoms with Gasteiger partial charge in [-0.1, -0.05) is 31.9 Å². The minimum Gasteiger partial charge on any atom is -0.399 e. The average molecular weight is 1940 g/mol. The smallest absolute Gasteiger partial charge is 0.399 e. The molecule has 5 fully saturated rings. The fourth-order valence-corrected chi connectivity index (χ4v) is 11.6. The molecule has 2 aliphatic heterocycles. The minimum absolute atomic E-state index is 0.000412. The second-order valence-corrected chi connectivity index (χ2v) is 32.1. The van der Waals surface area contributed by atoms with Crippen molar-refractivity contribution in [3.8, 4) is 11.1 Å². The molecule has 5 amide bonds. The molecule has 0 atom stereocenters. The third-order valence-electron chi connectivity index (χ3n) is 18.5.